The summed E-state index contributed by atoms with van der Waals surface area (Å²) in [6.45, 7) is 2.41. The fraction of sp³-hybridized carbons (Fsp3) is 1.00. The predicted octanol–water partition coefficient (Wildman–Crippen LogP) is 2.72. The largest absolute Gasteiger partial charge is 0.456 e. The lowest BCUT2D eigenvalue weighted by molar-refractivity contribution is -0.319. The molecule has 1 fully saturated rings. The summed E-state index contributed by atoms with van der Waals surface area (Å²) in [5, 5.41) is 0. The third kappa shape index (κ3) is 2.57. The van der Waals surface area contributed by atoms with Crippen LogP contribution in [0.4, 0.5) is 22.0 Å². The van der Waals surface area contributed by atoms with E-state index in [0.29, 0.717) is 13.3 Å². The molecule has 0 aromatic carbocycles. The van der Waals surface area contributed by atoms with Gasteiger partial charge >= 0.3 is 12.1 Å². The topological polar surface area (TPSA) is 21.8 Å². The zero-order valence-corrected chi connectivity index (χ0v) is 8.15. The Bertz CT molecular complexity index is 228. The Morgan fingerprint density at radius 1 is 1.27 bits per heavy atom. The molecule has 15 heavy (non-hydrogen) atoms. The van der Waals surface area contributed by atoms with Crippen LogP contribution in [0.5, 0.6) is 0 Å². The van der Waals surface area contributed by atoms with Gasteiger partial charge in [-0.3, -0.25) is 0 Å². The summed E-state index contributed by atoms with van der Waals surface area (Å²) in [5.41, 5.74) is 0. The summed E-state index contributed by atoms with van der Waals surface area (Å²) in [6.07, 6.45) is -8.60. The van der Waals surface area contributed by atoms with E-state index in [2.05, 4.69) is 4.74 Å². The van der Waals surface area contributed by atoms with Gasteiger partial charge in [-0.15, -0.1) is 0 Å². The highest BCUT2D eigenvalue weighted by molar-refractivity contribution is 4.85. The maximum absolute atomic E-state index is 12.6. The number of halogens is 5. The molecule has 0 spiro atoms. The molecule has 7 heteroatoms. The van der Waals surface area contributed by atoms with Gasteiger partial charge in [-0.05, 0) is 13.3 Å². The second-order valence-corrected chi connectivity index (χ2v) is 3.35. The maximum Gasteiger partial charge on any atom is 0.456 e. The molecule has 90 valence electrons. The Kier molecular flexibility index (Phi) is 3.25. The molecule has 1 rings (SSSR count). The van der Waals surface area contributed by atoms with Crippen molar-refractivity contribution >= 4 is 0 Å². The monoisotopic (exact) mass is 234 g/mol. The van der Waals surface area contributed by atoms with Crippen LogP contribution < -0.4 is 0 Å². The summed E-state index contributed by atoms with van der Waals surface area (Å²) >= 11 is 0. The fourth-order valence-corrected chi connectivity index (χ4v) is 1.05. The summed E-state index contributed by atoms with van der Waals surface area (Å²) in [5.74, 6) is -4.85. The van der Waals surface area contributed by atoms with Gasteiger partial charge in [0.1, 0.15) is 12.2 Å². The highest BCUT2D eigenvalue weighted by Crippen LogP contribution is 2.41. The van der Waals surface area contributed by atoms with Crippen LogP contribution in [0.3, 0.4) is 0 Å². The van der Waals surface area contributed by atoms with Crippen LogP contribution in [0.1, 0.15) is 20.3 Å². The third-order valence-corrected chi connectivity index (χ3v) is 2.17. The number of rotatable bonds is 4. The van der Waals surface area contributed by atoms with Crippen LogP contribution in [-0.4, -0.2) is 30.6 Å². The van der Waals surface area contributed by atoms with Crippen molar-refractivity contribution in [2.24, 2.45) is 0 Å². The van der Waals surface area contributed by atoms with E-state index in [0.717, 1.165) is 0 Å². The fourth-order valence-electron chi connectivity index (χ4n) is 1.05. The molecule has 0 amide bonds. The molecular weight excluding hydrogens is 223 g/mol. The minimum Gasteiger partial charge on any atom is -0.341 e. The van der Waals surface area contributed by atoms with Crippen LogP contribution in [0.25, 0.3) is 0 Å². The first-order valence-electron chi connectivity index (χ1n) is 4.45. The standard InChI is InChI=1S/C8H11F5O2/c1-3-5-6(15-5)14-4(2)7(9,10)8(11,12)13/h4-6H,3H2,1-2H3. The van der Waals surface area contributed by atoms with E-state index in [9.17, 15) is 22.0 Å². The highest BCUT2D eigenvalue weighted by atomic mass is 19.4. The Labute approximate surface area is 83.3 Å². The van der Waals surface area contributed by atoms with E-state index >= 15 is 0 Å². The van der Waals surface area contributed by atoms with Crippen LogP contribution in [0.15, 0.2) is 0 Å². The van der Waals surface area contributed by atoms with Gasteiger partial charge in [0, 0.05) is 0 Å². The molecule has 1 heterocycles. The molecule has 2 nitrogen and oxygen atoms in total. The summed E-state index contributed by atoms with van der Waals surface area (Å²) in [7, 11) is 0. The van der Waals surface area contributed by atoms with Crippen molar-refractivity contribution in [3.63, 3.8) is 0 Å². The van der Waals surface area contributed by atoms with Gasteiger partial charge in [-0.2, -0.15) is 22.0 Å². The van der Waals surface area contributed by atoms with Gasteiger partial charge < -0.3 is 9.47 Å². The molecule has 0 bridgehead atoms. The van der Waals surface area contributed by atoms with E-state index in [-0.39, 0.29) is 6.10 Å². The number of epoxide rings is 1. The molecule has 0 aromatic heterocycles. The first kappa shape index (κ1) is 12.6. The minimum atomic E-state index is -5.59. The maximum atomic E-state index is 12.6. The number of ether oxygens (including phenoxy) is 2. The van der Waals surface area contributed by atoms with Crippen molar-refractivity contribution in [1.82, 2.24) is 0 Å². The highest BCUT2D eigenvalue weighted by Gasteiger charge is 2.63. The van der Waals surface area contributed by atoms with Crippen molar-refractivity contribution in [1.29, 1.82) is 0 Å². The quantitative estimate of drug-likeness (QED) is 0.551. The number of hydrogen-bond acceptors (Lipinski definition) is 2. The summed E-state index contributed by atoms with van der Waals surface area (Å²) in [4.78, 5) is 0. The zero-order valence-electron chi connectivity index (χ0n) is 8.15. The summed E-state index contributed by atoms with van der Waals surface area (Å²) in [6, 6.07) is 0. The van der Waals surface area contributed by atoms with E-state index in [1.807, 2.05) is 0 Å². The van der Waals surface area contributed by atoms with Gasteiger partial charge in [0.25, 0.3) is 0 Å². The lowest BCUT2D eigenvalue weighted by Gasteiger charge is -2.25. The minimum absolute atomic E-state index is 0.364. The van der Waals surface area contributed by atoms with E-state index in [4.69, 9.17) is 4.74 Å². The van der Waals surface area contributed by atoms with Crippen molar-refractivity contribution in [2.45, 2.75) is 50.9 Å². The molecule has 0 radical (unpaired) electrons. The Morgan fingerprint density at radius 2 is 1.80 bits per heavy atom. The van der Waals surface area contributed by atoms with Crippen LogP contribution in [-0.2, 0) is 9.47 Å². The lowest BCUT2D eigenvalue weighted by Crippen LogP contribution is -2.47. The zero-order chi connectivity index (χ0) is 11.9. The number of hydrogen-bond donors (Lipinski definition) is 0. The van der Waals surface area contributed by atoms with E-state index < -0.39 is 24.5 Å². The van der Waals surface area contributed by atoms with Gasteiger partial charge in [-0.1, -0.05) is 6.92 Å². The average Bonchev–Trinajstić information content (AvgIpc) is 2.81. The van der Waals surface area contributed by atoms with Crippen molar-refractivity contribution < 1.29 is 31.4 Å². The van der Waals surface area contributed by atoms with Crippen molar-refractivity contribution in [3.8, 4) is 0 Å². The van der Waals surface area contributed by atoms with Crippen molar-refractivity contribution in [3.05, 3.63) is 0 Å². The van der Waals surface area contributed by atoms with Gasteiger partial charge in [0.2, 0.25) is 0 Å². The van der Waals surface area contributed by atoms with E-state index in [1.54, 1.807) is 6.92 Å². The van der Waals surface area contributed by atoms with Crippen LogP contribution in [0, 0.1) is 0 Å². The molecular formula is C8H11F5O2. The molecule has 3 atom stereocenters. The number of alkyl halides is 5. The predicted molar refractivity (Wildman–Crippen MR) is 40.5 cm³/mol. The summed E-state index contributed by atoms with van der Waals surface area (Å²) < 4.78 is 70.0. The molecule has 0 saturated carbocycles. The average molecular weight is 234 g/mol. The van der Waals surface area contributed by atoms with Gasteiger partial charge in [0.05, 0.1) is 0 Å². The molecule has 1 saturated heterocycles. The normalized spacial score (nSPS) is 29.0. The Hall–Kier alpha value is -0.430. The van der Waals surface area contributed by atoms with Crippen LogP contribution in [0.2, 0.25) is 0 Å². The lowest BCUT2D eigenvalue weighted by atomic mass is 10.2. The SMILES string of the molecule is CCC1OC1OC(C)C(F)(F)C(F)(F)F. The van der Waals surface area contributed by atoms with E-state index in [1.165, 1.54) is 0 Å². The second kappa shape index (κ2) is 3.86. The molecule has 3 unspecified atom stereocenters. The van der Waals surface area contributed by atoms with Crippen molar-refractivity contribution in [2.75, 3.05) is 0 Å². The van der Waals surface area contributed by atoms with Gasteiger partial charge in [0.15, 0.2) is 6.29 Å². The van der Waals surface area contributed by atoms with Gasteiger partial charge in [-0.25, -0.2) is 0 Å². The third-order valence-electron chi connectivity index (χ3n) is 2.17. The molecule has 1 aliphatic rings. The Balaban J connectivity index is 2.50. The molecule has 0 aliphatic carbocycles. The molecule has 1 aliphatic heterocycles. The molecule has 0 N–H and O–H groups in total. The first-order chi connectivity index (χ1) is 6.70. The Morgan fingerprint density at radius 3 is 2.13 bits per heavy atom. The first-order valence-corrected chi connectivity index (χ1v) is 4.45. The smallest absolute Gasteiger partial charge is 0.341 e. The second-order valence-electron chi connectivity index (χ2n) is 3.35. The van der Waals surface area contributed by atoms with Crippen LogP contribution >= 0.6 is 0 Å². The molecule has 0 aromatic rings.